The van der Waals surface area contributed by atoms with E-state index in [1.165, 1.54) is 0 Å². The van der Waals surface area contributed by atoms with Crippen LogP contribution in [-0.2, 0) is 20.4 Å². The van der Waals surface area contributed by atoms with Gasteiger partial charge in [-0.25, -0.2) is 0 Å². The topological polar surface area (TPSA) is 150 Å². The van der Waals surface area contributed by atoms with Gasteiger partial charge in [0.25, 0.3) is 0 Å². The van der Waals surface area contributed by atoms with Crippen molar-refractivity contribution in [3.63, 3.8) is 0 Å². The predicted octanol–water partition coefficient (Wildman–Crippen LogP) is -3.88. The van der Waals surface area contributed by atoms with Crippen LogP contribution in [0.15, 0.2) is 0 Å². The van der Waals surface area contributed by atoms with E-state index in [-0.39, 0.29) is 77.4 Å². The molecular formula is H5NaO5Re-4. The molecule has 0 aromatic heterocycles. The second-order valence-corrected chi connectivity index (χ2v) is 0. The van der Waals surface area contributed by atoms with Crippen LogP contribution in [0.5, 0.6) is 0 Å². The minimum atomic E-state index is 0. The van der Waals surface area contributed by atoms with Crippen LogP contribution in [0.3, 0.4) is 0 Å². The Kier molecular flexibility index (Phi) is 4590. The average Bonchev–Trinajstić information content (AvgIpc) is 0. The summed E-state index contributed by atoms with van der Waals surface area (Å²) in [4.78, 5) is 0. The summed E-state index contributed by atoms with van der Waals surface area (Å²) in [6, 6.07) is 0. The summed E-state index contributed by atoms with van der Waals surface area (Å²) in [6.07, 6.45) is 0. The summed E-state index contributed by atoms with van der Waals surface area (Å²) in [6.45, 7) is 0. The van der Waals surface area contributed by atoms with E-state index >= 15 is 0 Å². The van der Waals surface area contributed by atoms with Gasteiger partial charge < -0.3 is 27.4 Å². The summed E-state index contributed by atoms with van der Waals surface area (Å²) < 4.78 is 0. The summed E-state index contributed by atoms with van der Waals surface area (Å²) in [7, 11) is 0. The Morgan fingerprint density at radius 3 is 0.429 bits per heavy atom. The van der Waals surface area contributed by atoms with E-state index in [1.807, 2.05) is 0 Å². The molecule has 47 valence electrons. The molecule has 0 fully saturated rings. The molecule has 0 aliphatic heterocycles. The molecule has 0 rings (SSSR count). The van der Waals surface area contributed by atoms with Crippen molar-refractivity contribution in [3.8, 4) is 0 Å². The zero-order valence-electron chi connectivity index (χ0n) is 3.61. The van der Waals surface area contributed by atoms with Gasteiger partial charge in [0.1, 0.15) is 0 Å². The van der Waals surface area contributed by atoms with E-state index in [4.69, 9.17) is 0 Å². The Labute approximate surface area is 77.0 Å². The monoisotopic (exact) mass is 295 g/mol. The Hall–Kier alpha value is 1.46. The molecule has 0 aromatic rings. The molecule has 0 saturated heterocycles. The first-order chi connectivity index (χ1) is 0. The third-order valence-corrected chi connectivity index (χ3v) is 0. The minimum Gasteiger partial charge on any atom is -0.870 e. The molecule has 0 aliphatic carbocycles. The first kappa shape index (κ1) is 220. The SMILES string of the molecule is [Na+].[OH-].[OH-].[OH-].[OH-].[OH-].[Re]. The van der Waals surface area contributed by atoms with Crippen LogP contribution >= 0.6 is 0 Å². The molecule has 0 aliphatic rings. The van der Waals surface area contributed by atoms with Gasteiger partial charge in [-0.15, -0.1) is 0 Å². The van der Waals surface area contributed by atoms with Crippen molar-refractivity contribution >= 4 is 0 Å². The van der Waals surface area contributed by atoms with Gasteiger partial charge in [0.15, 0.2) is 0 Å². The molecular weight excluding hydrogens is 289 g/mol. The molecule has 1 radical (unpaired) electrons. The van der Waals surface area contributed by atoms with Crippen molar-refractivity contribution in [3.05, 3.63) is 0 Å². The van der Waals surface area contributed by atoms with Crippen molar-refractivity contribution < 1.29 is 77.4 Å². The molecule has 7 heteroatoms. The summed E-state index contributed by atoms with van der Waals surface area (Å²) >= 11 is 0. The van der Waals surface area contributed by atoms with E-state index in [9.17, 15) is 0 Å². The molecule has 0 unspecified atom stereocenters. The third-order valence-electron chi connectivity index (χ3n) is 0. The standard InChI is InChI=1S/Na.5H2O.Re/h;5*1H2;/q+1;;;;;;/p-5. The normalized spacial score (nSPS) is 0. The number of hydrogen-bond acceptors (Lipinski definition) is 5. The number of hydrogen-bond donors (Lipinski definition) is 0. The minimum absolute atomic E-state index is 0. The maximum absolute atomic E-state index is 0. The van der Waals surface area contributed by atoms with E-state index < -0.39 is 0 Å². The third kappa shape index (κ3) is 104. The van der Waals surface area contributed by atoms with Gasteiger partial charge in [-0.1, -0.05) is 0 Å². The summed E-state index contributed by atoms with van der Waals surface area (Å²) in [5.74, 6) is 0. The summed E-state index contributed by atoms with van der Waals surface area (Å²) in [5.41, 5.74) is 0. The van der Waals surface area contributed by atoms with Crippen LogP contribution in [0.2, 0.25) is 0 Å². The van der Waals surface area contributed by atoms with Crippen LogP contribution in [0.4, 0.5) is 0 Å². The van der Waals surface area contributed by atoms with Gasteiger partial charge in [0, 0.05) is 20.4 Å². The van der Waals surface area contributed by atoms with Gasteiger partial charge in [0.05, 0.1) is 0 Å². The number of rotatable bonds is 0. The maximum Gasteiger partial charge on any atom is 1.00 e. The van der Waals surface area contributed by atoms with Crippen molar-refractivity contribution in [2.24, 2.45) is 0 Å². The largest absolute Gasteiger partial charge is 1.00 e. The molecule has 0 bridgehead atoms. The zero-order valence-corrected chi connectivity index (χ0v) is 8.33. The van der Waals surface area contributed by atoms with E-state index in [2.05, 4.69) is 0 Å². The van der Waals surface area contributed by atoms with Gasteiger partial charge in [-0.3, -0.25) is 0 Å². The molecule has 7 heavy (non-hydrogen) atoms. The fourth-order valence-corrected chi connectivity index (χ4v) is 0. The van der Waals surface area contributed by atoms with Gasteiger partial charge in [-0.05, 0) is 0 Å². The average molecular weight is 294 g/mol. The second-order valence-electron chi connectivity index (χ2n) is 0. The molecule has 0 aromatic carbocycles. The summed E-state index contributed by atoms with van der Waals surface area (Å²) in [5, 5.41) is 0. The van der Waals surface area contributed by atoms with Crippen molar-refractivity contribution in [2.45, 2.75) is 0 Å². The van der Waals surface area contributed by atoms with Crippen molar-refractivity contribution in [1.29, 1.82) is 0 Å². The molecule has 0 atom stereocenters. The Morgan fingerprint density at radius 2 is 0.429 bits per heavy atom. The van der Waals surface area contributed by atoms with Gasteiger partial charge >= 0.3 is 29.6 Å². The van der Waals surface area contributed by atoms with Crippen LogP contribution < -0.4 is 29.6 Å². The van der Waals surface area contributed by atoms with Gasteiger partial charge in [-0.2, -0.15) is 0 Å². The van der Waals surface area contributed by atoms with E-state index in [0.717, 1.165) is 0 Å². The quantitative estimate of drug-likeness (QED) is 0.418. The van der Waals surface area contributed by atoms with Gasteiger partial charge in [0.2, 0.25) is 0 Å². The fourth-order valence-electron chi connectivity index (χ4n) is 0. The molecule has 5 nitrogen and oxygen atoms in total. The van der Waals surface area contributed by atoms with Crippen LogP contribution in [0.25, 0.3) is 0 Å². The first-order valence-corrected chi connectivity index (χ1v) is 0. The van der Waals surface area contributed by atoms with Crippen LogP contribution in [-0.4, -0.2) is 27.4 Å². The molecule has 0 heterocycles. The Balaban J connectivity index is 0. The first-order valence-electron chi connectivity index (χ1n) is 0. The maximum atomic E-state index is 0. The smallest absolute Gasteiger partial charge is 0.870 e. The predicted molar refractivity (Wildman–Crippen MR) is 9.68 cm³/mol. The Bertz CT molecular complexity index is 8.04. The van der Waals surface area contributed by atoms with Crippen molar-refractivity contribution in [2.75, 3.05) is 0 Å². The fraction of sp³-hybridized carbons (Fsp3) is 0. The van der Waals surface area contributed by atoms with Crippen LogP contribution in [0.1, 0.15) is 0 Å². The Morgan fingerprint density at radius 1 is 0.429 bits per heavy atom. The molecule has 0 amide bonds. The van der Waals surface area contributed by atoms with E-state index in [1.54, 1.807) is 0 Å². The zero-order chi connectivity index (χ0) is 0. The molecule has 0 saturated carbocycles. The molecule has 0 spiro atoms. The van der Waals surface area contributed by atoms with Crippen molar-refractivity contribution in [1.82, 2.24) is 0 Å². The molecule has 5 N–H and O–H groups in total. The second kappa shape index (κ2) is 146. The van der Waals surface area contributed by atoms with Crippen LogP contribution in [0, 0.1) is 0 Å². The van der Waals surface area contributed by atoms with E-state index in [0.29, 0.717) is 0 Å².